The average Bonchev–Trinajstić information content (AvgIpc) is 2.43. The number of halogens is 1. The second-order valence-electron chi connectivity index (χ2n) is 7.83. The maximum absolute atomic E-state index is 5.99. The van der Waals surface area contributed by atoms with E-state index in [4.69, 9.17) is 5.73 Å². The van der Waals surface area contributed by atoms with Crippen LogP contribution in [0.2, 0.25) is 0 Å². The Hall–Kier alpha value is -0.820. The van der Waals surface area contributed by atoms with Crippen LogP contribution in [0, 0.1) is 0 Å². The van der Waals surface area contributed by atoms with Crippen molar-refractivity contribution in [2.45, 2.75) is 58.7 Å². The summed E-state index contributed by atoms with van der Waals surface area (Å²) in [4.78, 5) is 7.06. The molecular formula is C18H31IN4. The lowest BCUT2D eigenvalue weighted by Gasteiger charge is -2.40. The van der Waals surface area contributed by atoms with E-state index in [0.29, 0.717) is 12.5 Å². The van der Waals surface area contributed by atoms with E-state index in [9.17, 15) is 0 Å². The van der Waals surface area contributed by atoms with Crippen LogP contribution in [0.15, 0.2) is 29.3 Å². The molecule has 1 aliphatic heterocycles. The Balaban J connectivity index is 0.00000264. The van der Waals surface area contributed by atoms with E-state index in [1.54, 1.807) is 0 Å². The molecule has 0 amide bonds. The fraction of sp³-hybridized carbons (Fsp3) is 0.611. The first-order chi connectivity index (χ1) is 10.2. The molecule has 0 unspecified atom stereocenters. The number of hydrogen-bond acceptors (Lipinski definition) is 2. The third kappa shape index (κ3) is 5.95. The van der Waals surface area contributed by atoms with Gasteiger partial charge in [-0.1, -0.05) is 24.3 Å². The molecule has 0 aromatic heterocycles. The van der Waals surface area contributed by atoms with Crippen LogP contribution in [0.5, 0.6) is 0 Å². The number of hydrogen-bond donors (Lipinski definition) is 2. The van der Waals surface area contributed by atoms with Gasteiger partial charge < -0.3 is 11.1 Å². The molecule has 130 valence electrons. The number of nitrogens with zero attached hydrogens (tertiary/aromatic N) is 2. The topological polar surface area (TPSA) is 53.6 Å². The number of rotatable bonds is 3. The van der Waals surface area contributed by atoms with Gasteiger partial charge in [0.15, 0.2) is 5.96 Å². The minimum atomic E-state index is -0.0538. The van der Waals surface area contributed by atoms with Gasteiger partial charge in [0.1, 0.15) is 0 Å². The van der Waals surface area contributed by atoms with Gasteiger partial charge in [0.25, 0.3) is 0 Å². The van der Waals surface area contributed by atoms with Crippen molar-refractivity contribution < 1.29 is 0 Å². The highest BCUT2D eigenvalue weighted by molar-refractivity contribution is 14.0. The van der Waals surface area contributed by atoms with E-state index in [1.807, 2.05) is 0 Å². The van der Waals surface area contributed by atoms with Crippen molar-refractivity contribution in [2.24, 2.45) is 10.7 Å². The molecule has 0 aliphatic carbocycles. The van der Waals surface area contributed by atoms with Gasteiger partial charge >= 0.3 is 0 Å². The molecule has 0 atom stereocenters. The molecule has 5 heteroatoms. The largest absolute Gasteiger partial charge is 0.370 e. The van der Waals surface area contributed by atoms with E-state index in [1.165, 1.54) is 11.1 Å². The third-order valence-electron chi connectivity index (χ3n) is 4.13. The Morgan fingerprint density at radius 2 is 1.78 bits per heavy atom. The molecule has 0 saturated heterocycles. The second kappa shape index (κ2) is 7.83. The van der Waals surface area contributed by atoms with Crippen molar-refractivity contribution in [3.8, 4) is 0 Å². The first kappa shape index (κ1) is 20.2. The van der Waals surface area contributed by atoms with E-state index >= 15 is 0 Å². The molecule has 4 nitrogen and oxygen atoms in total. The van der Waals surface area contributed by atoms with Crippen molar-refractivity contribution in [1.29, 1.82) is 0 Å². The maximum Gasteiger partial charge on any atom is 0.189 e. The zero-order valence-electron chi connectivity index (χ0n) is 15.0. The first-order valence-corrected chi connectivity index (χ1v) is 8.07. The van der Waals surface area contributed by atoms with Crippen LogP contribution in [0.25, 0.3) is 0 Å². The summed E-state index contributed by atoms with van der Waals surface area (Å²) in [6.45, 7) is 13.5. The van der Waals surface area contributed by atoms with Gasteiger partial charge in [0, 0.05) is 24.2 Å². The summed E-state index contributed by atoms with van der Waals surface area (Å²) >= 11 is 0. The van der Waals surface area contributed by atoms with Crippen LogP contribution in [-0.2, 0) is 13.0 Å². The van der Waals surface area contributed by atoms with E-state index in [2.05, 4.69) is 74.1 Å². The van der Waals surface area contributed by atoms with Crippen molar-refractivity contribution in [3.05, 3.63) is 35.4 Å². The highest BCUT2D eigenvalue weighted by Gasteiger charge is 2.29. The molecule has 0 radical (unpaired) electrons. The van der Waals surface area contributed by atoms with E-state index < -0.39 is 0 Å². The van der Waals surface area contributed by atoms with Crippen molar-refractivity contribution in [3.63, 3.8) is 0 Å². The number of aliphatic imine (C=N–C) groups is 1. The Kier molecular flexibility index (Phi) is 6.89. The summed E-state index contributed by atoms with van der Waals surface area (Å²) in [5, 5.41) is 3.22. The maximum atomic E-state index is 5.99. The van der Waals surface area contributed by atoms with E-state index in [0.717, 1.165) is 19.5 Å². The van der Waals surface area contributed by atoms with Crippen molar-refractivity contribution in [1.82, 2.24) is 10.2 Å². The fourth-order valence-corrected chi connectivity index (χ4v) is 2.81. The van der Waals surface area contributed by atoms with Crippen LogP contribution < -0.4 is 11.1 Å². The molecule has 0 spiro atoms. The Labute approximate surface area is 157 Å². The summed E-state index contributed by atoms with van der Waals surface area (Å²) in [7, 11) is 0. The summed E-state index contributed by atoms with van der Waals surface area (Å²) in [6.07, 6.45) is 1.11. The predicted molar refractivity (Wildman–Crippen MR) is 109 cm³/mol. The molecule has 1 heterocycles. The number of fused-ring (bicyclic) bond motifs is 1. The molecule has 2 rings (SSSR count). The highest BCUT2D eigenvalue weighted by atomic mass is 127. The second-order valence-corrected chi connectivity index (χ2v) is 7.83. The SMILES string of the molecule is CC(C)(C)NC(N)=NCC(C)(C)N1CCc2ccccc2C1.I. The lowest BCUT2D eigenvalue weighted by atomic mass is 9.94. The Bertz CT molecular complexity index is 546. The number of guanidine groups is 1. The van der Waals surface area contributed by atoms with Gasteiger partial charge in [-0.05, 0) is 52.2 Å². The monoisotopic (exact) mass is 430 g/mol. The fourth-order valence-electron chi connectivity index (χ4n) is 2.81. The number of nitrogens with two attached hydrogens (primary N) is 1. The molecular weight excluding hydrogens is 399 g/mol. The third-order valence-corrected chi connectivity index (χ3v) is 4.13. The van der Waals surface area contributed by atoms with Gasteiger partial charge in [-0.25, -0.2) is 0 Å². The molecule has 0 saturated carbocycles. The normalized spacial score (nSPS) is 16.5. The van der Waals surface area contributed by atoms with Crippen LogP contribution >= 0.6 is 24.0 Å². The Morgan fingerprint density at radius 3 is 2.39 bits per heavy atom. The molecule has 0 bridgehead atoms. The number of benzene rings is 1. The zero-order chi connectivity index (χ0) is 16.4. The molecule has 1 aromatic carbocycles. The molecule has 23 heavy (non-hydrogen) atoms. The summed E-state index contributed by atoms with van der Waals surface area (Å²) in [6, 6.07) is 8.72. The average molecular weight is 430 g/mol. The smallest absolute Gasteiger partial charge is 0.189 e. The van der Waals surface area contributed by atoms with Crippen molar-refractivity contribution >= 4 is 29.9 Å². The van der Waals surface area contributed by atoms with Crippen LogP contribution in [-0.4, -0.2) is 35.0 Å². The minimum Gasteiger partial charge on any atom is -0.370 e. The minimum absolute atomic E-state index is 0. The first-order valence-electron chi connectivity index (χ1n) is 8.07. The molecule has 0 fully saturated rings. The molecule has 1 aliphatic rings. The quantitative estimate of drug-likeness (QED) is 0.440. The predicted octanol–water partition coefficient (Wildman–Crippen LogP) is 3.14. The highest BCUT2D eigenvalue weighted by Crippen LogP contribution is 2.25. The van der Waals surface area contributed by atoms with Gasteiger partial charge in [-0.2, -0.15) is 0 Å². The molecule has 3 N–H and O–H groups in total. The van der Waals surface area contributed by atoms with Gasteiger partial charge in [-0.3, -0.25) is 9.89 Å². The summed E-state index contributed by atoms with van der Waals surface area (Å²) in [5.74, 6) is 0.526. The van der Waals surface area contributed by atoms with Crippen LogP contribution in [0.4, 0.5) is 0 Å². The summed E-state index contributed by atoms with van der Waals surface area (Å²) in [5.41, 5.74) is 8.85. The summed E-state index contributed by atoms with van der Waals surface area (Å²) < 4.78 is 0. The zero-order valence-corrected chi connectivity index (χ0v) is 17.3. The van der Waals surface area contributed by atoms with Gasteiger partial charge in [-0.15, -0.1) is 24.0 Å². The molecule has 1 aromatic rings. The lowest BCUT2D eigenvalue weighted by Crippen LogP contribution is -2.50. The van der Waals surface area contributed by atoms with Gasteiger partial charge in [0.2, 0.25) is 0 Å². The standard InChI is InChI=1S/C18H30N4.HI/c1-17(2,3)21-16(19)20-13-18(4,5)22-11-10-14-8-6-7-9-15(14)12-22;/h6-9H,10-13H2,1-5H3,(H3,19,20,21);1H. The van der Waals surface area contributed by atoms with Crippen LogP contribution in [0.3, 0.4) is 0 Å². The van der Waals surface area contributed by atoms with E-state index in [-0.39, 0.29) is 35.1 Å². The van der Waals surface area contributed by atoms with Crippen LogP contribution in [0.1, 0.15) is 45.7 Å². The number of nitrogens with one attached hydrogen (secondary N) is 1. The lowest BCUT2D eigenvalue weighted by molar-refractivity contribution is 0.112. The van der Waals surface area contributed by atoms with Gasteiger partial charge in [0.05, 0.1) is 6.54 Å². The Morgan fingerprint density at radius 1 is 1.17 bits per heavy atom. The van der Waals surface area contributed by atoms with Crippen molar-refractivity contribution in [2.75, 3.05) is 13.1 Å².